The van der Waals surface area contributed by atoms with Crippen molar-refractivity contribution in [1.82, 2.24) is 0 Å². The van der Waals surface area contributed by atoms with Gasteiger partial charge in [0.05, 0.1) is 16.2 Å². The summed E-state index contributed by atoms with van der Waals surface area (Å²) in [5.74, 6) is -0.161. The zero-order valence-electron chi connectivity index (χ0n) is 11.4. The van der Waals surface area contributed by atoms with E-state index < -0.39 is 4.92 Å². The van der Waals surface area contributed by atoms with Crippen molar-refractivity contribution in [3.05, 3.63) is 62.1 Å². The molecule has 0 aliphatic rings. The Morgan fingerprint density at radius 3 is 2.68 bits per heavy atom. The van der Waals surface area contributed by atoms with Gasteiger partial charge >= 0.3 is 0 Å². The number of hydrazone groups is 1. The molecule has 22 heavy (non-hydrogen) atoms. The molecule has 2 aromatic rings. The summed E-state index contributed by atoms with van der Waals surface area (Å²) in [5.41, 5.74) is 0.551. The summed E-state index contributed by atoms with van der Waals surface area (Å²) in [6.07, 6.45) is 1.32. The molecule has 0 saturated carbocycles. The van der Waals surface area contributed by atoms with Crippen LogP contribution in [0.3, 0.4) is 0 Å². The Morgan fingerprint density at radius 2 is 2.00 bits per heavy atom. The van der Waals surface area contributed by atoms with E-state index in [0.29, 0.717) is 16.3 Å². The van der Waals surface area contributed by atoms with E-state index in [2.05, 4.69) is 5.10 Å². The minimum Gasteiger partial charge on any atom is -0.506 e. The molecule has 0 aromatic heterocycles. The van der Waals surface area contributed by atoms with Crippen molar-refractivity contribution < 1.29 is 10.0 Å². The van der Waals surface area contributed by atoms with Gasteiger partial charge in [-0.2, -0.15) is 5.10 Å². The van der Waals surface area contributed by atoms with Crippen LogP contribution >= 0.6 is 23.2 Å². The second-order valence-electron chi connectivity index (χ2n) is 4.34. The van der Waals surface area contributed by atoms with Crippen molar-refractivity contribution in [1.29, 1.82) is 0 Å². The highest BCUT2D eigenvalue weighted by molar-refractivity contribution is 6.36. The van der Waals surface area contributed by atoms with E-state index in [9.17, 15) is 15.2 Å². The molecule has 114 valence electrons. The van der Waals surface area contributed by atoms with Crippen molar-refractivity contribution >= 4 is 40.8 Å². The van der Waals surface area contributed by atoms with Crippen LogP contribution in [0.5, 0.6) is 5.75 Å². The van der Waals surface area contributed by atoms with Gasteiger partial charge in [0.15, 0.2) is 0 Å². The molecular weight excluding hydrogens is 329 g/mol. The van der Waals surface area contributed by atoms with Crippen molar-refractivity contribution in [3.8, 4) is 5.75 Å². The van der Waals surface area contributed by atoms with Gasteiger partial charge < -0.3 is 5.11 Å². The van der Waals surface area contributed by atoms with Crippen molar-refractivity contribution in [2.24, 2.45) is 5.10 Å². The summed E-state index contributed by atoms with van der Waals surface area (Å²) < 4.78 is 0. The summed E-state index contributed by atoms with van der Waals surface area (Å²) in [6.45, 7) is 0. The molecule has 2 rings (SSSR count). The number of benzene rings is 2. The summed E-state index contributed by atoms with van der Waals surface area (Å²) in [5, 5.41) is 26.7. The smallest absolute Gasteiger partial charge is 0.294 e. The summed E-state index contributed by atoms with van der Waals surface area (Å²) in [6, 6.07) is 9.08. The first-order valence-corrected chi connectivity index (χ1v) is 6.85. The maximum atomic E-state index is 11.0. The molecule has 1 N–H and O–H groups in total. The van der Waals surface area contributed by atoms with Crippen LogP contribution in [0.15, 0.2) is 41.5 Å². The molecule has 0 aliphatic carbocycles. The average Bonchev–Trinajstić information content (AvgIpc) is 2.49. The Hall–Kier alpha value is -2.31. The summed E-state index contributed by atoms with van der Waals surface area (Å²) in [4.78, 5) is 10.5. The van der Waals surface area contributed by atoms with Crippen LogP contribution in [-0.4, -0.2) is 23.3 Å². The molecule has 0 spiro atoms. The lowest BCUT2D eigenvalue weighted by molar-refractivity contribution is -0.384. The van der Waals surface area contributed by atoms with Crippen LogP contribution in [0.4, 0.5) is 11.4 Å². The summed E-state index contributed by atoms with van der Waals surface area (Å²) >= 11 is 11.7. The van der Waals surface area contributed by atoms with Gasteiger partial charge in [-0.1, -0.05) is 35.3 Å². The number of phenolic OH excluding ortho intramolecular Hbond substituents is 1. The van der Waals surface area contributed by atoms with E-state index in [0.717, 1.165) is 0 Å². The van der Waals surface area contributed by atoms with Gasteiger partial charge in [-0.25, -0.2) is 0 Å². The van der Waals surface area contributed by atoms with E-state index in [4.69, 9.17) is 23.2 Å². The molecular formula is C14H11Cl2N3O3. The van der Waals surface area contributed by atoms with E-state index in [1.54, 1.807) is 25.2 Å². The zero-order chi connectivity index (χ0) is 16.3. The molecule has 0 heterocycles. The number of aromatic hydroxyl groups is 1. The fourth-order valence-corrected chi connectivity index (χ4v) is 2.30. The lowest BCUT2D eigenvalue weighted by Crippen LogP contribution is -2.11. The van der Waals surface area contributed by atoms with Gasteiger partial charge in [0.25, 0.3) is 5.69 Å². The van der Waals surface area contributed by atoms with E-state index in [1.165, 1.54) is 29.4 Å². The Kier molecular flexibility index (Phi) is 4.85. The van der Waals surface area contributed by atoms with E-state index >= 15 is 0 Å². The molecule has 0 fully saturated rings. The molecule has 2 aromatic carbocycles. The number of nitro benzene ring substituents is 1. The molecule has 0 amide bonds. The topological polar surface area (TPSA) is 79.0 Å². The van der Waals surface area contributed by atoms with Crippen molar-refractivity contribution in [2.75, 3.05) is 12.1 Å². The number of nitrogens with zero attached hydrogens (tertiary/aromatic N) is 3. The maximum absolute atomic E-state index is 11.0. The van der Waals surface area contributed by atoms with Gasteiger partial charge in [-0.15, -0.1) is 0 Å². The first-order valence-electron chi connectivity index (χ1n) is 6.09. The second kappa shape index (κ2) is 6.64. The molecule has 0 aliphatic heterocycles. The Labute approximate surface area is 136 Å². The lowest BCUT2D eigenvalue weighted by Gasteiger charge is -2.13. The Balaban J connectivity index is 2.33. The Bertz CT molecular complexity index is 750. The van der Waals surface area contributed by atoms with Gasteiger partial charge in [0.1, 0.15) is 11.4 Å². The van der Waals surface area contributed by atoms with Crippen LogP contribution in [-0.2, 0) is 0 Å². The molecule has 6 nitrogen and oxygen atoms in total. The van der Waals surface area contributed by atoms with Crippen LogP contribution in [0, 0.1) is 10.1 Å². The highest BCUT2D eigenvalue weighted by Crippen LogP contribution is 2.31. The molecule has 0 atom stereocenters. The quantitative estimate of drug-likeness (QED) is 0.517. The third-order valence-corrected chi connectivity index (χ3v) is 3.36. The highest BCUT2D eigenvalue weighted by Gasteiger charge is 2.15. The predicted molar refractivity (Wildman–Crippen MR) is 87.2 cm³/mol. The first-order chi connectivity index (χ1) is 10.4. The number of phenols is 1. The van der Waals surface area contributed by atoms with Crippen LogP contribution in [0.1, 0.15) is 5.56 Å². The predicted octanol–water partition coefficient (Wildman–Crippen LogP) is 4.08. The normalized spacial score (nSPS) is 10.9. The number of rotatable bonds is 4. The van der Waals surface area contributed by atoms with Gasteiger partial charge in [-0.05, 0) is 18.2 Å². The third kappa shape index (κ3) is 3.47. The molecule has 0 saturated heterocycles. The van der Waals surface area contributed by atoms with Crippen LogP contribution in [0.25, 0.3) is 0 Å². The number of halogens is 2. The first kappa shape index (κ1) is 16.1. The minimum absolute atomic E-state index is 0.0736. The lowest BCUT2D eigenvalue weighted by atomic mass is 10.2. The number of anilines is 1. The van der Waals surface area contributed by atoms with Crippen molar-refractivity contribution in [3.63, 3.8) is 0 Å². The van der Waals surface area contributed by atoms with Crippen LogP contribution in [0.2, 0.25) is 10.0 Å². The largest absolute Gasteiger partial charge is 0.506 e. The van der Waals surface area contributed by atoms with Crippen molar-refractivity contribution in [2.45, 2.75) is 0 Å². The maximum Gasteiger partial charge on any atom is 0.294 e. The number of para-hydroxylation sites is 2. The third-order valence-electron chi connectivity index (χ3n) is 2.85. The SMILES string of the molecule is CN(N=Cc1cc(Cl)cc(Cl)c1O)c1ccccc1[N+](=O)[O-]. The average molecular weight is 340 g/mol. The number of nitro groups is 1. The molecule has 0 unspecified atom stereocenters. The van der Waals surface area contributed by atoms with Gasteiger partial charge in [-0.3, -0.25) is 15.1 Å². The van der Waals surface area contributed by atoms with Crippen LogP contribution < -0.4 is 5.01 Å². The standard InChI is InChI=1S/C14H11Cl2N3O3/c1-18(12-4-2-3-5-13(12)19(21)22)17-8-9-6-10(15)7-11(16)14(9)20/h2-8,20H,1H3. The second-order valence-corrected chi connectivity index (χ2v) is 5.18. The van der Waals surface area contributed by atoms with E-state index in [-0.39, 0.29) is 16.5 Å². The Morgan fingerprint density at radius 1 is 1.32 bits per heavy atom. The van der Waals surface area contributed by atoms with Gasteiger partial charge in [0, 0.05) is 23.7 Å². The fraction of sp³-hybridized carbons (Fsp3) is 0.0714. The fourth-order valence-electron chi connectivity index (χ4n) is 1.79. The molecule has 0 radical (unpaired) electrons. The monoisotopic (exact) mass is 339 g/mol. The zero-order valence-corrected chi connectivity index (χ0v) is 12.9. The molecule has 8 heteroatoms. The minimum atomic E-state index is -0.491. The highest BCUT2D eigenvalue weighted by atomic mass is 35.5. The summed E-state index contributed by atoms with van der Waals surface area (Å²) in [7, 11) is 1.56. The molecule has 0 bridgehead atoms. The number of hydrogen-bond acceptors (Lipinski definition) is 5. The van der Waals surface area contributed by atoms with E-state index in [1.807, 2.05) is 0 Å². The number of hydrogen-bond donors (Lipinski definition) is 1. The van der Waals surface area contributed by atoms with Gasteiger partial charge in [0.2, 0.25) is 0 Å².